The highest BCUT2D eigenvalue weighted by atomic mass is 79.9. The van der Waals surface area contributed by atoms with Gasteiger partial charge in [-0.15, -0.1) is 0 Å². The topological polar surface area (TPSA) is 55.6 Å². The van der Waals surface area contributed by atoms with Gasteiger partial charge in [0.2, 0.25) is 0 Å². The molecule has 0 unspecified atom stereocenters. The minimum atomic E-state index is -0.356. The summed E-state index contributed by atoms with van der Waals surface area (Å²) < 4.78 is 5.93. The standard InChI is InChI=1S/C13H17BrN2O3/c1-19-11-5-7-15(8-6-11)9-10-3-2-4-12(13(10)14)16(17)18/h2-4,11H,5-9H2,1H3. The molecule has 1 heterocycles. The highest BCUT2D eigenvalue weighted by Gasteiger charge is 2.21. The number of rotatable bonds is 4. The SMILES string of the molecule is COC1CCN(Cc2cccc([N+](=O)[O-])c2Br)CC1. The van der Waals surface area contributed by atoms with E-state index in [9.17, 15) is 10.1 Å². The molecule has 1 fully saturated rings. The molecule has 0 aromatic heterocycles. The van der Waals surface area contributed by atoms with Crippen LogP contribution >= 0.6 is 15.9 Å². The first-order valence-corrected chi connectivity index (χ1v) is 7.08. The molecule has 0 saturated carbocycles. The first kappa shape index (κ1) is 14.4. The first-order valence-electron chi connectivity index (χ1n) is 6.28. The molecule has 0 bridgehead atoms. The van der Waals surface area contributed by atoms with Crippen LogP contribution in [0.3, 0.4) is 0 Å². The van der Waals surface area contributed by atoms with Crippen molar-refractivity contribution in [1.82, 2.24) is 4.90 Å². The average molecular weight is 329 g/mol. The van der Waals surface area contributed by atoms with E-state index in [1.807, 2.05) is 6.07 Å². The van der Waals surface area contributed by atoms with Crippen molar-refractivity contribution in [2.75, 3.05) is 20.2 Å². The summed E-state index contributed by atoms with van der Waals surface area (Å²) in [6.07, 6.45) is 2.39. The van der Waals surface area contributed by atoms with Crippen molar-refractivity contribution in [2.24, 2.45) is 0 Å². The number of ether oxygens (including phenoxy) is 1. The summed E-state index contributed by atoms with van der Waals surface area (Å²) in [6.45, 7) is 2.67. The van der Waals surface area contributed by atoms with Gasteiger partial charge in [0, 0.05) is 32.8 Å². The van der Waals surface area contributed by atoms with E-state index in [0.29, 0.717) is 10.6 Å². The second-order valence-corrected chi connectivity index (χ2v) is 5.51. The highest BCUT2D eigenvalue weighted by molar-refractivity contribution is 9.10. The largest absolute Gasteiger partial charge is 0.381 e. The summed E-state index contributed by atoms with van der Waals surface area (Å²) >= 11 is 3.34. The zero-order chi connectivity index (χ0) is 13.8. The lowest BCUT2D eigenvalue weighted by Gasteiger charge is -2.31. The van der Waals surface area contributed by atoms with E-state index in [1.165, 1.54) is 6.07 Å². The number of nitro groups is 1. The number of nitro benzene ring substituents is 1. The van der Waals surface area contributed by atoms with Gasteiger partial charge >= 0.3 is 0 Å². The lowest BCUT2D eigenvalue weighted by molar-refractivity contribution is -0.385. The van der Waals surface area contributed by atoms with Gasteiger partial charge in [-0.25, -0.2) is 0 Å². The van der Waals surface area contributed by atoms with Crippen molar-refractivity contribution in [1.29, 1.82) is 0 Å². The molecule has 104 valence electrons. The van der Waals surface area contributed by atoms with Crippen molar-refractivity contribution < 1.29 is 9.66 Å². The molecule has 0 N–H and O–H groups in total. The summed E-state index contributed by atoms with van der Waals surface area (Å²) in [5, 5.41) is 10.9. The molecule has 19 heavy (non-hydrogen) atoms. The maximum atomic E-state index is 10.9. The predicted molar refractivity (Wildman–Crippen MR) is 76.1 cm³/mol. The van der Waals surface area contributed by atoms with Crippen LogP contribution in [0.2, 0.25) is 0 Å². The van der Waals surface area contributed by atoms with Crippen LogP contribution < -0.4 is 0 Å². The second-order valence-electron chi connectivity index (χ2n) is 4.72. The predicted octanol–water partition coefficient (Wildman–Crippen LogP) is 2.97. The molecule has 1 aliphatic heterocycles. The van der Waals surface area contributed by atoms with E-state index in [-0.39, 0.29) is 10.6 Å². The monoisotopic (exact) mass is 328 g/mol. The third-order valence-corrected chi connectivity index (χ3v) is 4.43. The lowest BCUT2D eigenvalue weighted by atomic mass is 10.1. The fraction of sp³-hybridized carbons (Fsp3) is 0.538. The van der Waals surface area contributed by atoms with Crippen LogP contribution in [0.4, 0.5) is 5.69 Å². The van der Waals surface area contributed by atoms with Crippen LogP contribution in [0.1, 0.15) is 18.4 Å². The number of nitrogens with zero attached hydrogens (tertiary/aromatic N) is 2. The van der Waals surface area contributed by atoms with Crippen LogP contribution in [-0.2, 0) is 11.3 Å². The van der Waals surface area contributed by atoms with Crippen molar-refractivity contribution in [2.45, 2.75) is 25.5 Å². The van der Waals surface area contributed by atoms with Gasteiger partial charge in [0.1, 0.15) is 0 Å². The molecule has 0 spiro atoms. The van der Waals surface area contributed by atoms with E-state index in [0.717, 1.165) is 38.0 Å². The van der Waals surface area contributed by atoms with Crippen LogP contribution in [0.5, 0.6) is 0 Å². The summed E-state index contributed by atoms with van der Waals surface area (Å²) in [5.74, 6) is 0. The third kappa shape index (κ3) is 3.52. The Morgan fingerprint density at radius 1 is 1.47 bits per heavy atom. The minimum Gasteiger partial charge on any atom is -0.381 e. The average Bonchev–Trinajstić information content (AvgIpc) is 2.41. The lowest BCUT2D eigenvalue weighted by Crippen LogP contribution is -2.36. The van der Waals surface area contributed by atoms with E-state index >= 15 is 0 Å². The Bertz CT molecular complexity index is 459. The smallest absolute Gasteiger partial charge is 0.283 e. The van der Waals surface area contributed by atoms with Gasteiger partial charge in [-0.2, -0.15) is 0 Å². The Labute approximate surface area is 120 Å². The summed E-state index contributed by atoms with van der Waals surface area (Å²) in [5.41, 5.74) is 1.09. The normalized spacial score (nSPS) is 17.6. The maximum Gasteiger partial charge on any atom is 0.283 e. The summed E-state index contributed by atoms with van der Waals surface area (Å²) in [7, 11) is 1.75. The van der Waals surface area contributed by atoms with E-state index in [4.69, 9.17) is 4.74 Å². The minimum absolute atomic E-state index is 0.129. The molecule has 6 heteroatoms. The molecule has 2 rings (SSSR count). The number of hydrogen-bond acceptors (Lipinski definition) is 4. The van der Waals surface area contributed by atoms with Gasteiger partial charge in [0.15, 0.2) is 0 Å². The maximum absolute atomic E-state index is 10.9. The fourth-order valence-electron chi connectivity index (χ4n) is 2.37. The molecular weight excluding hydrogens is 312 g/mol. The van der Waals surface area contributed by atoms with Crippen molar-refractivity contribution in [3.05, 3.63) is 38.3 Å². The number of halogens is 1. The fourth-order valence-corrected chi connectivity index (χ4v) is 2.91. The Morgan fingerprint density at radius 3 is 2.74 bits per heavy atom. The van der Waals surface area contributed by atoms with Crippen molar-refractivity contribution in [3.63, 3.8) is 0 Å². The molecule has 0 aliphatic carbocycles. The van der Waals surface area contributed by atoms with Crippen LogP contribution in [0.15, 0.2) is 22.7 Å². The molecule has 1 saturated heterocycles. The molecular formula is C13H17BrN2O3. The van der Waals surface area contributed by atoms with Gasteiger partial charge in [0.25, 0.3) is 5.69 Å². The third-order valence-electron chi connectivity index (χ3n) is 3.52. The van der Waals surface area contributed by atoms with E-state index in [2.05, 4.69) is 20.8 Å². The van der Waals surface area contributed by atoms with Crippen LogP contribution in [0.25, 0.3) is 0 Å². The zero-order valence-corrected chi connectivity index (χ0v) is 12.4. The van der Waals surface area contributed by atoms with Crippen LogP contribution in [-0.4, -0.2) is 36.1 Å². The Morgan fingerprint density at radius 2 is 2.16 bits per heavy atom. The number of hydrogen-bond donors (Lipinski definition) is 0. The zero-order valence-electron chi connectivity index (χ0n) is 10.8. The van der Waals surface area contributed by atoms with Gasteiger partial charge < -0.3 is 4.74 Å². The molecule has 0 atom stereocenters. The van der Waals surface area contributed by atoms with E-state index < -0.39 is 0 Å². The Balaban J connectivity index is 2.04. The van der Waals surface area contributed by atoms with Gasteiger partial charge in [-0.3, -0.25) is 15.0 Å². The Kier molecular flexibility index (Phi) is 4.90. The van der Waals surface area contributed by atoms with Gasteiger partial charge in [0.05, 0.1) is 15.5 Å². The quantitative estimate of drug-likeness (QED) is 0.629. The summed E-state index contributed by atoms with van der Waals surface area (Å²) in [4.78, 5) is 12.8. The molecule has 1 aromatic rings. The van der Waals surface area contributed by atoms with Gasteiger partial charge in [-0.05, 0) is 34.3 Å². The number of piperidine rings is 1. The molecule has 0 amide bonds. The molecule has 1 aromatic carbocycles. The second kappa shape index (κ2) is 6.45. The summed E-state index contributed by atoms with van der Waals surface area (Å²) in [6, 6.07) is 5.18. The number of benzene rings is 1. The molecule has 1 aliphatic rings. The van der Waals surface area contributed by atoms with Crippen LogP contribution in [0, 0.1) is 10.1 Å². The van der Waals surface area contributed by atoms with Crippen molar-refractivity contribution >= 4 is 21.6 Å². The first-order chi connectivity index (χ1) is 9.11. The molecule has 5 nitrogen and oxygen atoms in total. The van der Waals surface area contributed by atoms with E-state index in [1.54, 1.807) is 13.2 Å². The Hall–Kier alpha value is -0.980. The number of methoxy groups -OCH3 is 1. The highest BCUT2D eigenvalue weighted by Crippen LogP contribution is 2.29. The van der Waals surface area contributed by atoms with Gasteiger partial charge in [-0.1, -0.05) is 12.1 Å². The molecule has 0 radical (unpaired) electrons. The number of likely N-dealkylation sites (tertiary alicyclic amines) is 1. The van der Waals surface area contributed by atoms with Crippen molar-refractivity contribution in [3.8, 4) is 0 Å².